The van der Waals surface area contributed by atoms with Crippen LogP contribution in [0.25, 0.3) is 0 Å². The van der Waals surface area contributed by atoms with Gasteiger partial charge in [-0.05, 0) is 76.5 Å². The molecule has 3 saturated carbocycles. The Morgan fingerprint density at radius 1 is 1.22 bits per heavy atom. The molecule has 0 saturated heterocycles. The summed E-state index contributed by atoms with van der Waals surface area (Å²) in [5.41, 5.74) is -0.573. The molecule has 0 heterocycles. The van der Waals surface area contributed by atoms with Crippen LogP contribution in [0.3, 0.4) is 0 Å². The molecule has 0 spiro atoms. The normalized spacial score (nSPS) is 48.6. The highest BCUT2D eigenvalue weighted by Crippen LogP contribution is 2.68. The van der Waals surface area contributed by atoms with Crippen molar-refractivity contribution in [3.05, 3.63) is 23.3 Å². The maximum atomic E-state index is 12.8. The van der Waals surface area contributed by atoms with E-state index in [1.165, 1.54) is 6.08 Å². The number of ether oxygens (including phenoxy) is 1. The molecule has 10 atom stereocenters. The molecule has 0 aliphatic heterocycles. The van der Waals surface area contributed by atoms with Crippen molar-refractivity contribution in [2.45, 2.75) is 103 Å². The fourth-order valence-corrected chi connectivity index (χ4v) is 8.00. The van der Waals surface area contributed by atoms with Crippen molar-refractivity contribution < 1.29 is 30.0 Å². The number of fused-ring (bicyclic) bond motifs is 5. The van der Waals surface area contributed by atoms with Crippen LogP contribution in [-0.4, -0.2) is 56.4 Å². The van der Waals surface area contributed by atoms with Crippen molar-refractivity contribution in [2.75, 3.05) is 0 Å². The first-order valence-corrected chi connectivity index (χ1v) is 12.2. The van der Waals surface area contributed by atoms with Crippen LogP contribution in [0.15, 0.2) is 23.3 Å². The van der Waals surface area contributed by atoms with E-state index in [9.17, 15) is 25.2 Å². The molecule has 0 amide bonds. The Morgan fingerprint density at radius 2 is 1.91 bits per heavy atom. The van der Waals surface area contributed by atoms with Crippen molar-refractivity contribution in [2.24, 2.45) is 28.6 Å². The monoisotopic (exact) mass is 448 g/mol. The third kappa shape index (κ3) is 3.24. The summed E-state index contributed by atoms with van der Waals surface area (Å²) in [4.78, 5) is 12.8. The van der Waals surface area contributed by atoms with Crippen LogP contribution < -0.4 is 0 Å². The van der Waals surface area contributed by atoms with Crippen LogP contribution in [0.5, 0.6) is 0 Å². The van der Waals surface area contributed by atoms with Crippen LogP contribution in [-0.2, 0) is 9.53 Å². The van der Waals surface area contributed by atoms with E-state index in [-0.39, 0.29) is 29.3 Å². The summed E-state index contributed by atoms with van der Waals surface area (Å²) in [6.45, 7) is 9.38. The largest absolute Gasteiger partial charge is 0.456 e. The molecule has 4 aliphatic rings. The highest BCUT2D eigenvalue weighted by molar-refractivity contribution is 5.82. The van der Waals surface area contributed by atoms with Gasteiger partial charge < -0.3 is 25.2 Å². The van der Waals surface area contributed by atoms with E-state index >= 15 is 0 Å². The van der Waals surface area contributed by atoms with Crippen molar-refractivity contribution in [1.82, 2.24) is 0 Å². The van der Waals surface area contributed by atoms with Gasteiger partial charge in [0.1, 0.15) is 6.10 Å². The minimum absolute atomic E-state index is 0.201. The molecule has 0 bridgehead atoms. The lowest BCUT2D eigenvalue weighted by atomic mass is 9.44. The number of allylic oxidation sites excluding steroid dienone is 2. The van der Waals surface area contributed by atoms with E-state index in [4.69, 9.17) is 4.74 Å². The first-order chi connectivity index (χ1) is 14.9. The standard InChI is InChI=1S/C26H40O6/c1-14(2)12-20(29)32-22-21-19(7-6-16-13-17(28)8-10-24(16,21)4)26(31)11-9-18(15(3)27)25(26,5)23(22)30/h6,12,15,17-19,21-23,27-28,30-31H,7-11,13H2,1-5H3/t15-,17+,18-,19-,21-,22+,23-,24+,25+,26+/m1/s1. The molecule has 3 fully saturated rings. The predicted octanol–water partition coefficient (Wildman–Crippen LogP) is 2.88. The van der Waals surface area contributed by atoms with E-state index in [1.807, 2.05) is 20.8 Å². The molecule has 0 unspecified atom stereocenters. The average Bonchev–Trinajstić information content (AvgIpc) is 2.98. The minimum Gasteiger partial charge on any atom is -0.456 e. The van der Waals surface area contributed by atoms with Gasteiger partial charge in [-0.2, -0.15) is 0 Å². The van der Waals surface area contributed by atoms with Crippen molar-refractivity contribution in [1.29, 1.82) is 0 Å². The molecule has 0 aromatic heterocycles. The second kappa shape index (κ2) is 7.93. The summed E-state index contributed by atoms with van der Waals surface area (Å²) in [6.07, 6.45) is 4.33. The molecule has 4 aliphatic carbocycles. The molecular formula is C26H40O6. The lowest BCUT2D eigenvalue weighted by Crippen LogP contribution is -2.72. The van der Waals surface area contributed by atoms with Gasteiger partial charge in [0, 0.05) is 17.4 Å². The van der Waals surface area contributed by atoms with Gasteiger partial charge in [0.2, 0.25) is 0 Å². The fourth-order valence-electron chi connectivity index (χ4n) is 8.00. The summed E-state index contributed by atoms with van der Waals surface area (Å²) >= 11 is 0. The van der Waals surface area contributed by atoms with Crippen molar-refractivity contribution in [3.63, 3.8) is 0 Å². The number of esters is 1. The third-order valence-electron chi connectivity index (χ3n) is 9.65. The Morgan fingerprint density at radius 3 is 2.53 bits per heavy atom. The van der Waals surface area contributed by atoms with E-state index in [0.717, 1.165) is 17.6 Å². The zero-order chi connectivity index (χ0) is 23.6. The minimum atomic E-state index is -1.17. The van der Waals surface area contributed by atoms with Gasteiger partial charge in [0.25, 0.3) is 0 Å². The smallest absolute Gasteiger partial charge is 0.331 e. The van der Waals surface area contributed by atoms with Crippen LogP contribution in [0.4, 0.5) is 0 Å². The molecule has 6 nitrogen and oxygen atoms in total. The molecule has 6 heteroatoms. The predicted molar refractivity (Wildman–Crippen MR) is 120 cm³/mol. The molecular weight excluding hydrogens is 408 g/mol. The number of hydrogen-bond donors (Lipinski definition) is 4. The molecule has 0 radical (unpaired) electrons. The number of hydrogen-bond acceptors (Lipinski definition) is 6. The Balaban J connectivity index is 1.84. The molecule has 180 valence electrons. The Hall–Kier alpha value is -1.21. The van der Waals surface area contributed by atoms with Crippen molar-refractivity contribution >= 4 is 5.97 Å². The van der Waals surface area contributed by atoms with Gasteiger partial charge in [0.05, 0.1) is 23.9 Å². The van der Waals surface area contributed by atoms with Crippen LogP contribution >= 0.6 is 0 Å². The van der Waals surface area contributed by atoms with Gasteiger partial charge in [-0.3, -0.25) is 0 Å². The Labute approximate surface area is 191 Å². The average molecular weight is 449 g/mol. The highest BCUT2D eigenvalue weighted by Gasteiger charge is 2.73. The van der Waals surface area contributed by atoms with Gasteiger partial charge in [-0.15, -0.1) is 0 Å². The SMILES string of the molecule is CC(C)=CC(=O)O[C@H]1[C@H]2[C@@H](CC=C3C[C@@H](O)CC[C@@]32C)[C@@]2(O)CC[C@H]([C@@H](C)O)[C@@]2(C)[C@@H]1O. The first-order valence-electron chi connectivity index (χ1n) is 12.2. The van der Waals surface area contributed by atoms with Crippen molar-refractivity contribution in [3.8, 4) is 0 Å². The summed E-state index contributed by atoms with van der Waals surface area (Å²) < 4.78 is 6.02. The second-order valence-electron chi connectivity index (χ2n) is 11.6. The lowest BCUT2D eigenvalue weighted by Gasteiger charge is -2.64. The molecule has 4 N–H and O–H groups in total. The van der Waals surface area contributed by atoms with E-state index < -0.39 is 35.3 Å². The topological polar surface area (TPSA) is 107 Å². The lowest BCUT2D eigenvalue weighted by molar-refractivity contribution is -0.274. The zero-order valence-electron chi connectivity index (χ0n) is 20.0. The maximum Gasteiger partial charge on any atom is 0.331 e. The number of carbonyl (C=O) groups is 1. The summed E-state index contributed by atoms with van der Waals surface area (Å²) in [5, 5.41) is 44.9. The third-order valence-corrected chi connectivity index (χ3v) is 9.65. The molecule has 0 aromatic rings. The van der Waals surface area contributed by atoms with Crippen LogP contribution in [0.1, 0.15) is 73.1 Å². The van der Waals surface area contributed by atoms with Gasteiger partial charge in [0.15, 0.2) is 0 Å². The van der Waals surface area contributed by atoms with E-state index in [1.54, 1.807) is 6.92 Å². The maximum absolute atomic E-state index is 12.8. The number of aliphatic hydroxyl groups is 4. The number of rotatable bonds is 3. The first kappa shape index (κ1) is 23.9. The Kier molecular flexibility index (Phi) is 5.93. The molecule has 0 aromatic carbocycles. The molecule has 4 rings (SSSR count). The Bertz CT molecular complexity index is 828. The van der Waals surface area contributed by atoms with E-state index in [2.05, 4.69) is 13.0 Å². The number of aliphatic hydroxyl groups excluding tert-OH is 3. The van der Waals surface area contributed by atoms with Gasteiger partial charge in [-0.1, -0.05) is 31.1 Å². The van der Waals surface area contributed by atoms with Crippen LogP contribution in [0, 0.1) is 28.6 Å². The molecule has 32 heavy (non-hydrogen) atoms. The summed E-state index contributed by atoms with van der Waals surface area (Å²) in [5.74, 6) is -1.23. The zero-order valence-corrected chi connectivity index (χ0v) is 20.0. The second-order valence-corrected chi connectivity index (χ2v) is 11.6. The summed E-state index contributed by atoms with van der Waals surface area (Å²) in [6, 6.07) is 0. The van der Waals surface area contributed by atoms with Crippen LogP contribution in [0.2, 0.25) is 0 Å². The van der Waals surface area contributed by atoms with E-state index in [0.29, 0.717) is 32.1 Å². The quantitative estimate of drug-likeness (QED) is 0.300. The summed E-state index contributed by atoms with van der Waals surface area (Å²) in [7, 11) is 0. The van der Waals surface area contributed by atoms with Gasteiger partial charge >= 0.3 is 5.97 Å². The van der Waals surface area contributed by atoms with Gasteiger partial charge in [-0.25, -0.2) is 4.79 Å². The number of carbonyl (C=O) groups excluding carboxylic acids is 1. The highest BCUT2D eigenvalue weighted by atomic mass is 16.6. The fraction of sp³-hybridized carbons (Fsp3) is 0.808.